The number of halogens is 1. The monoisotopic (exact) mass is 331 g/mol. The van der Waals surface area contributed by atoms with Crippen LogP contribution in [-0.2, 0) is 0 Å². The van der Waals surface area contributed by atoms with Crippen molar-refractivity contribution in [2.45, 2.75) is 13.8 Å². The topological polar surface area (TPSA) is 38.3 Å². The lowest BCUT2D eigenvalue weighted by Gasteiger charge is -2.07. The van der Waals surface area contributed by atoms with E-state index in [0.717, 1.165) is 11.1 Å². The van der Waals surface area contributed by atoms with Gasteiger partial charge in [-0.15, -0.1) is 0 Å². The van der Waals surface area contributed by atoms with Crippen molar-refractivity contribution in [1.29, 1.82) is 0 Å². The Bertz CT molecular complexity index is 664. The first-order valence-electron chi connectivity index (χ1n) is 7.48. The maximum absolute atomic E-state index is 11.7. The van der Waals surface area contributed by atoms with Gasteiger partial charge in [-0.2, -0.15) is 0 Å². The first-order chi connectivity index (χ1) is 11.1. The molecule has 2 aromatic rings. The highest BCUT2D eigenvalue weighted by atomic mass is 35.5. The molecule has 3 nitrogen and oxygen atoms in total. The van der Waals surface area contributed by atoms with Gasteiger partial charge in [-0.25, -0.2) is 0 Å². The van der Waals surface area contributed by atoms with Crippen molar-refractivity contribution in [3.8, 4) is 5.75 Å². The van der Waals surface area contributed by atoms with Crippen molar-refractivity contribution >= 4 is 29.7 Å². The van der Waals surface area contributed by atoms with Gasteiger partial charge in [0.15, 0.2) is 0 Å². The second-order valence-corrected chi connectivity index (χ2v) is 4.86. The molecule has 0 fully saturated rings. The first-order valence-corrected chi connectivity index (χ1v) is 7.85. The summed E-state index contributed by atoms with van der Waals surface area (Å²) in [6.07, 6.45) is 3.86. The molecule has 0 aliphatic rings. The summed E-state index contributed by atoms with van der Waals surface area (Å²) in [5, 5.41) is 3.31. The van der Waals surface area contributed by atoms with Gasteiger partial charge < -0.3 is 10.1 Å². The first kappa shape index (κ1) is 18.8. The van der Waals surface area contributed by atoms with E-state index in [0.29, 0.717) is 16.3 Å². The average Bonchev–Trinajstić information content (AvgIpc) is 2.62. The van der Waals surface area contributed by atoms with Gasteiger partial charge in [0, 0.05) is 23.2 Å². The lowest BCUT2D eigenvalue weighted by Crippen LogP contribution is -2.17. The maximum atomic E-state index is 11.7. The van der Waals surface area contributed by atoms with Crippen LogP contribution in [0.25, 0.3) is 12.2 Å². The fraction of sp³-hybridized carbons (Fsp3) is 0.211. The van der Waals surface area contributed by atoms with Gasteiger partial charge in [0.1, 0.15) is 5.75 Å². The van der Waals surface area contributed by atoms with E-state index in [1.54, 1.807) is 32.4 Å². The molecule has 0 aliphatic carbocycles. The van der Waals surface area contributed by atoms with Crippen LogP contribution in [0, 0.1) is 0 Å². The summed E-state index contributed by atoms with van der Waals surface area (Å²) in [6.45, 7) is 4.00. The van der Waals surface area contributed by atoms with Crippen LogP contribution in [0.15, 0.2) is 42.5 Å². The van der Waals surface area contributed by atoms with Crippen LogP contribution < -0.4 is 10.1 Å². The molecule has 0 atom stereocenters. The predicted octanol–water partition coefficient (Wildman–Crippen LogP) is 4.90. The van der Waals surface area contributed by atoms with Crippen molar-refractivity contribution < 1.29 is 9.53 Å². The molecule has 122 valence electrons. The Morgan fingerprint density at radius 2 is 1.74 bits per heavy atom. The third-order valence-electron chi connectivity index (χ3n) is 3.04. The number of hydrogen-bond donors (Lipinski definition) is 1. The van der Waals surface area contributed by atoms with Gasteiger partial charge in [-0.3, -0.25) is 4.79 Å². The highest BCUT2D eigenvalue weighted by Gasteiger charge is 2.07. The Labute approximate surface area is 142 Å². The summed E-state index contributed by atoms with van der Waals surface area (Å²) in [6, 6.07) is 12.8. The standard InChI is InChI=1S/C17H16ClNO2.C2H6/c1-19-17(20)14-7-10-16(21-2)13(11-14)6-3-12-4-8-15(18)9-5-12;1-2/h3-11H,1-2H3,(H,19,20);1-2H3/b6-3+;. The minimum absolute atomic E-state index is 0.126. The molecular weight excluding hydrogens is 310 g/mol. The van der Waals surface area contributed by atoms with Crippen LogP contribution in [0.1, 0.15) is 35.3 Å². The number of methoxy groups -OCH3 is 1. The van der Waals surface area contributed by atoms with Crippen molar-refractivity contribution in [3.05, 3.63) is 64.2 Å². The summed E-state index contributed by atoms with van der Waals surface area (Å²) < 4.78 is 5.32. The summed E-state index contributed by atoms with van der Waals surface area (Å²) in [5.41, 5.74) is 2.45. The largest absolute Gasteiger partial charge is 0.496 e. The molecule has 0 radical (unpaired) electrons. The Morgan fingerprint density at radius 1 is 1.09 bits per heavy atom. The summed E-state index contributed by atoms with van der Waals surface area (Å²) in [7, 11) is 3.21. The smallest absolute Gasteiger partial charge is 0.251 e. The molecule has 2 rings (SSSR count). The third kappa shape index (κ3) is 5.46. The van der Waals surface area contributed by atoms with Gasteiger partial charge in [0.05, 0.1) is 7.11 Å². The summed E-state index contributed by atoms with van der Waals surface area (Å²) in [5.74, 6) is 0.590. The lowest BCUT2D eigenvalue weighted by atomic mass is 10.1. The Hall–Kier alpha value is -2.26. The molecule has 0 unspecified atom stereocenters. The number of nitrogens with one attached hydrogen (secondary N) is 1. The van der Waals surface area contributed by atoms with E-state index in [-0.39, 0.29) is 5.91 Å². The van der Waals surface area contributed by atoms with Crippen molar-refractivity contribution in [2.75, 3.05) is 14.2 Å². The van der Waals surface area contributed by atoms with Gasteiger partial charge in [0.2, 0.25) is 0 Å². The molecule has 1 amide bonds. The maximum Gasteiger partial charge on any atom is 0.251 e. The van der Waals surface area contributed by atoms with E-state index >= 15 is 0 Å². The van der Waals surface area contributed by atoms with Crippen molar-refractivity contribution in [1.82, 2.24) is 5.32 Å². The van der Waals surface area contributed by atoms with Gasteiger partial charge in [-0.1, -0.05) is 49.7 Å². The van der Waals surface area contributed by atoms with E-state index in [1.807, 2.05) is 50.3 Å². The quantitative estimate of drug-likeness (QED) is 0.809. The minimum atomic E-state index is -0.126. The molecule has 0 heterocycles. The van der Waals surface area contributed by atoms with E-state index < -0.39 is 0 Å². The lowest BCUT2D eigenvalue weighted by molar-refractivity contribution is 0.0963. The van der Waals surface area contributed by atoms with Crippen molar-refractivity contribution in [2.24, 2.45) is 0 Å². The molecule has 4 heteroatoms. The number of ether oxygens (including phenoxy) is 1. The highest BCUT2D eigenvalue weighted by molar-refractivity contribution is 6.30. The molecule has 0 spiro atoms. The minimum Gasteiger partial charge on any atom is -0.496 e. The van der Waals surface area contributed by atoms with E-state index in [4.69, 9.17) is 16.3 Å². The number of carbonyl (C=O) groups is 1. The van der Waals surface area contributed by atoms with Crippen LogP contribution in [0.5, 0.6) is 5.75 Å². The second-order valence-electron chi connectivity index (χ2n) is 4.42. The fourth-order valence-corrected chi connectivity index (χ4v) is 2.04. The van der Waals surface area contributed by atoms with Crippen molar-refractivity contribution in [3.63, 3.8) is 0 Å². The SMILES string of the molecule is CC.CNC(=O)c1ccc(OC)c(/C=C/c2ccc(Cl)cc2)c1. The molecule has 0 aromatic heterocycles. The van der Waals surface area contributed by atoms with Crippen LogP contribution in [0.2, 0.25) is 5.02 Å². The summed E-state index contributed by atoms with van der Waals surface area (Å²) in [4.78, 5) is 11.7. The number of carbonyl (C=O) groups excluding carboxylic acids is 1. The van der Waals surface area contributed by atoms with E-state index in [2.05, 4.69) is 5.32 Å². The number of hydrogen-bond acceptors (Lipinski definition) is 2. The molecule has 0 saturated heterocycles. The third-order valence-corrected chi connectivity index (χ3v) is 3.30. The van der Waals surface area contributed by atoms with Crippen LogP contribution in [0.3, 0.4) is 0 Å². The highest BCUT2D eigenvalue weighted by Crippen LogP contribution is 2.22. The van der Waals surface area contributed by atoms with Crippen LogP contribution in [0.4, 0.5) is 0 Å². The van der Waals surface area contributed by atoms with E-state index in [9.17, 15) is 4.79 Å². The number of rotatable bonds is 4. The molecule has 2 aromatic carbocycles. The summed E-state index contributed by atoms with van der Waals surface area (Å²) >= 11 is 5.86. The average molecular weight is 332 g/mol. The predicted molar refractivity (Wildman–Crippen MR) is 98.1 cm³/mol. The van der Waals surface area contributed by atoms with E-state index in [1.165, 1.54) is 0 Å². The van der Waals surface area contributed by atoms with Gasteiger partial charge in [-0.05, 0) is 35.9 Å². The number of amides is 1. The fourth-order valence-electron chi connectivity index (χ4n) is 1.91. The zero-order chi connectivity index (χ0) is 17.2. The van der Waals surface area contributed by atoms with Gasteiger partial charge >= 0.3 is 0 Å². The Morgan fingerprint density at radius 3 is 2.30 bits per heavy atom. The van der Waals surface area contributed by atoms with Crippen LogP contribution >= 0.6 is 11.6 Å². The molecule has 23 heavy (non-hydrogen) atoms. The molecule has 0 aliphatic heterocycles. The molecule has 0 saturated carbocycles. The molecule has 1 N–H and O–H groups in total. The molecular formula is C19H22ClNO2. The molecule has 0 bridgehead atoms. The number of benzene rings is 2. The van der Waals surface area contributed by atoms with Crippen LogP contribution in [-0.4, -0.2) is 20.1 Å². The van der Waals surface area contributed by atoms with Gasteiger partial charge in [0.25, 0.3) is 5.91 Å². The zero-order valence-corrected chi connectivity index (χ0v) is 14.6. The normalized spacial score (nSPS) is 9.96. The Balaban J connectivity index is 0.00000127. The second kappa shape index (κ2) is 9.70. The zero-order valence-electron chi connectivity index (χ0n) is 13.9. The Kier molecular flexibility index (Phi) is 7.92.